The van der Waals surface area contributed by atoms with E-state index in [1.807, 2.05) is 0 Å². The van der Waals surface area contributed by atoms with Crippen LogP contribution in [0.1, 0.15) is 31.9 Å². The summed E-state index contributed by atoms with van der Waals surface area (Å²) in [6.45, 7) is 15.0. The summed E-state index contributed by atoms with van der Waals surface area (Å²) in [4.78, 5) is 36.5. The summed E-state index contributed by atoms with van der Waals surface area (Å²) in [5.41, 5.74) is 2.04. The van der Waals surface area contributed by atoms with E-state index in [-0.39, 0.29) is 47.0 Å². The number of carbonyl (C=O) groups excluding carboxylic acids is 3. The van der Waals surface area contributed by atoms with Gasteiger partial charge in [0.25, 0.3) is 0 Å². The minimum absolute atomic E-state index is 0.0188. The molecule has 2 aromatic rings. The maximum atomic E-state index is 15.4. The minimum atomic E-state index is -0.971. The molecule has 8 nitrogen and oxygen atoms in total. The molecule has 9 heteroatoms. The predicted octanol–water partition coefficient (Wildman–Crippen LogP) is 5.23. The highest BCUT2D eigenvalue weighted by atomic mass is 19.1. The first-order chi connectivity index (χ1) is 17.4. The second-order valence-electron chi connectivity index (χ2n) is 8.28. The van der Waals surface area contributed by atoms with Gasteiger partial charge in [-0.25, -0.2) is 18.8 Å². The van der Waals surface area contributed by atoms with Crippen molar-refractivity contribution in [3.8, 4) is 28.4 Å². The molecule has 0 aliphatic heterocycles. The number of halogens is 1. The molecule has 0 aromatic heterocycles. The highest BCUT2D eigenvalue weighted by Gasteiger charge is 2.24. The zero-order chi connectivity index (χ0) is 27.9. The van der Waals surface area contributed by atoms with Gasteiger partial charge in [0.2, 0.25) is 5.75 Å². The predicted molar refractivity (Wildman–Crippen MR) is 135 cm³/mol. The smallest absolute Gasteiger partial charge is 0.338 e. The highest BCUT2D eigenvalue weighted by molar-refractivity contribution is 5.92. The molecule has 2 aromatic carbocycles. The van der Waals surface area contributed by atoms with Crippen LogP contribution in [-0.2, 0) is 37.1 Å². The maximum absolute atomic E-state index is 15.4. The van der Waals surface area contributed by atoms with Gasteiger partial charge in [0, 0.05) is 30.9 Å². The van der Waals surface area contributed by atoms with Gasteiger partial charge in [-0.1, -0.05) is 19.7 Å². The third kappa shape index (κ3) is 7.45. The van der Waals surface area contributed by atoms with Gasteiger partial charge in [0.05, 0.1) is 13.2 Å². The number of hydrogen-bond donors (Lipinski definition) is 0. The van der Waals surface area contributed by atoms with Crippen molar-refractivity contribution in [1.29, 1.82) is 0 Å². The monoisotopic (exact) mass is 512 g/mol. The molecular weight excluding hydrogens is 483 g/mol. The van der Waals surface area contributed by atoms with E-state index in [1.165, 1.54) is 41.1 Å². The molecule has 0 amide bonds. The molecule has 0 N–H and O–H groups in total. The lowest BCUT2D eigenvalue weighted by Gasteiger charge is -2.19. The Bertz CT molecular complexity index is 1250. The average Bonchev–Trinajstić information content (AvgIpc) is 2.81. The van der Waals surface area contributed by atoms with E-state index in [0.29, 0.717) is 16.7 Å². The van der Waals surface area contributed by atoms with Gasteiger partial charge in [0.15, 0.2) is 11.6 Å². The number of methoxy groups -OCH3 is 2. The Morgan fingerprint density at radius 3 is 1.65 bits per heavy atom. The first-order valence-electron chi connectivity index (χ1n) is 11.0. The van der Waals surface area contributed by atoms with E-state index in [9.17, 15) is 14.4 Å². The number of ether oxygens (including phenoxy) is 5. The van der Waals surface area contributed by atoms with E-state index < -0.39 is 29.5 Å². The van der Waals surface area contributed by atoms with E-state index in [0.717, 1.165) is 6.07 Å². The van der Waals surface area contributed by atoms with Crippen molar-refractivity contribution in [1.82, 2.24) is 0 Å². The van der Waals surface area contributed by atoms with Crippen molar-refractivity contribution < 1.29 is 42.5 Å². The number of rotatable bonds is 11. The molecule has 196 valence electrons. The molecule has 2 rings (SSSR count). The second-order valence-corrected chi connectivity index (χ2v) is 8.28. The van der Waals surface area contributed by atoms with E-state index in [1.54, 1.807) is 12.1 Å². The van der Waals surface area contributed by atoms with E-state index in [2.05, 4.69) is 19.7 Å². The summed E-state index contributed by atoms with van der Waals surface area (Å²) in [6.07, 6.45) is 0. The molecule has 0 heterocycles. The van der Waals surface area contributed by atoms with Gasteiger partial charge < -0.3 is 23.7 Å². The van der Waals surface area contributed by atoms with Crippen LogP contribution >= 0.6 is 0 Å². The summed E-state index contributed by atoms with van der Waals surface area (Å²) in [5, 5.41) is 0. The van der Waals surface area contributed by atoms with E-state index in [4.69, 9.17) is 23.7 Å². The van der Waals surface area contributed by atoms with Gasteiger partial charge in [0.1, 0.15) is 5.75 Å². The summed E-state index contributed by atoms with van der Waals surface area (Å²) in [7, 11) is 2.93. The van der Waals surface area contributed by atoms with Crippen LogP contribution in [0.5, 0.6) is 17.2 Å². The third-order valence-electron chi connectivity index (χ3n) is 4.83. The van der Waals surface area contributed by atoms with Crippen LogP contribution in [-0.4, -0.2) is 32.1 Å². The van der Waals surface area contributed by atoms with Crippen LogP contribution in [0.3, 0.4) is 0 Å². The summed E-state index contributed by atoms with van der Waals surface area (Å²) >= 11 is 0. The van der Waals surface area contributed by atoms with Crippen LogP contribution in [0.2, 0.25) is 0 Å². The Kier molecular flexibility index (Phi) is 10.0. The Balaban J connectivity index is 2.79. The Labute approximate surface area is 214 Å². The van der Waals surface area contributed by atoms with Crippen molar-refractivity contribution in [2.24, 2.45) is 0 Å². The Hall–Kier alpha value is -4.08. The van der Waals surface area contributed by atoms with Crippen LogP contribution in [0.25, 0.3) is 11.1 Å². The molecule has 0 saturated carbocycles. The first kappa shape index (κ1) is 29.2. The number of benzene rings is 2. The fourth-order valence-corrected chi connectivity index (χ4v) is 3.15. The van der Waals surface area contributed by atoms with Gasteiger partial charge in [-0.3, -0.25) is 0 Å². The van der Waals surface area contributed by atoms with Crippen LogP contribution in [0, 0.1) is 5.82 Å². The van der Waals surface area contributed by atoms with Crippen LogP contribution in [0.15, 0.2) is 60.7 Å². The zero-order valence-corrected chi connectivity index (χ0v) is 21.5. The van der Waals surface area contributed by atoms with Gasteiger partial charge in [-0.05, 0) is 67.3 Å². The third-order valence-corrected chi connectivity index (χ3v) is 4.83. The average molecular weight is 513 g/mol. The first-order valence-corrected chi connectivity index (χ1v) is 11.0. The normalized spacial score (nSPS) is 10.4. The van der Waals surface area contributed by atoms with E-state index >= 15 is 4.39 Å². The summed E-state index contributed by atoms with van der Waals surface area (Å²) in [5.74, 6) is -4.06. The lowest BCUT2D eigenvalue weighted by Crippen LogP contribution is -2.14. The lowest BCUT2D eigenvalue weighted by atomic mass is 9.93. The minimum Gasteiger partial charge on any atom is -0.423 e. The Morgan fingerprint density at radius 1 is 0.730 bits per heavy atom. The fourth-order valence-electron chi connectivity index (χ4n) is 3.15. The molecule has 0 spiro atoms. The second kappa shape index (κ2) is 12.8. The molecule has 0 radical (unpaired) electrons. The highest BCUT2D eigenvalue weighted by Crippen LogP contribution is 2.40. The SMILES string of the molecule is C=C(C)C(=O)Oc1cc(COC)c(-c2cc(F)c(OC(=O)C(=C)C)c(OC(=O)C(=C)C)c2)c(COC)c1. The summed E-state index contributed by atoms with van der Waals surface area (Å²) < 4.78 is 41.8. The zero-order valence-electron chi connectivity index (χ0n) is 21.5. The molecule has 37 heavy (non-hydrogen) atoms. The topological polar surface area (TPSA) is 97.4 Å². The molecule has 0 saturated heterocycles. The van der Waals surface area contributed by atoms with Crippen LogP contribution in [0.4, 0.5) is 4.39 Å². The van der Waals surface area contributed by atoms with Gasteiger partial charge in [-0.15, -0.1) is 0 Å². The lowest BCUT2D eigenvalue weighted by molar-refractivity contribution is -0.132. The van der Waals surface area contributed by atoms with Crippen molar-refractivity contribution in [2.45, 2.75) is 34.0 Å². The number of hydrogen-bond acceptors (Lipinski definition) is 8. The molecule has 0 fully saturated rings. The summed E-state index contributed by atoms with van der Waals surface area (Å²) in [6, 6.07) is 5.58. The van der Waals surface area contributed by atoms with Crippen LogP contribution < -0.4 is 14.2 Å². The van der Waals surface area contributed by atoms with Crippen molar-refractivity contribution in [3.05, 3.63) is 77.7 Å². The molecule has 0 bridgehead atoms. The number of esters is 3. The van der Waals surface area contributed by atoms with Crippen molar-refractivity contribution in [2.75, 3.05) is 14.2 Å². The molecule has 0 aliphatic rings. The largest absolute Gasteiger partial charge is 0.423 e. The van der Waals surface area contributed by atoms with Crippen molar-refractivity contribution in [3.63, 3.8) is 0 Å². The standard InChI is InChI=1S/C28H29FO8/c1-15(2)26(30)35-21-9-19(13-33-7)24(20(10-21)14-34-8)18-11-22(29)25(37-28(32)17(5)6)23(12-18)36-27(31)16(3)4/h9-12H,1,3,5,13-14H2,2,4,6-8H3. The molecule has 0 aliphatic carbocycles. The van der Waals surface area contributed by atoms with Crippen molar-refractivity contribution >= 4 is 17.9 Å². The van der Waals surface area contributed by atoms with Gasteiger partial charge >= 0.3 is 17.9 Å². The molecule has 0 atom stereocenters. The molecule has 0 unspecified atom stereocenters. The van der Waals surface area contributed by atoms with Gasteiger partial charge in [-0.2, -0.15) is 0 Å². The Morgan fingerprint density at radius 2 is 1.19 bits per heavy atom. The number of carbonyl (C=O) groups is 3. The fraction of sp³-hybridized carbons (Fsp3) is 0.250. The molecular formula is C28H29FO8. The maximum Gasteiger partial charge on any atom is 0.338 e. The quantitative estimate of drug-likeness (QED) is 0.229.